The van der Waals surface area contributed by atoms with Crippen molar-refractivity contribution in [1.29, 1.82) is 0 Å². The van der Waals surface area contributed by atoms with Crippen LogP contribution in [0.15, 0.2) is 72.8 Å². The maximum atomic E-state index is 13.9. The predicted octanol–water partition coefficient (Wildman–Crippen LogP) is 6.01. The minimum atomic E-state index is -3.58. The Kier molecular flexibility index (Phi) is 11.6. The van der Waals surface area contributed by atoms with Gasteiger partial charge in [-0.25, -0.2) is 8.42 Å². The number of benzene rings is 3. The molecule has 3 aromatic rings. The molecule has 2 amide bonds. The normalized spacial score (nSPS) is 12.2. The van der Waals surface area contributed by atoms with Crippen LogP contribution in [0.25, 0.3) is 0 Å². The monoisotopic (exact) mass is 617 g/mol. The molecule has 0 fully saturated rings. The van der Waals surface area contributed by atoms with Gasteiger partial charge in [0.25, 0.3) is 0 Å². The van der Waals surface area contributed by atoms with E-state index in [-0.39, 0.29) is 50.2 Å². The van der Waals surface area contributed by atoms with E-state index < -0.39 is 16.1 Å². The van der Waals surface area contributed by atoms with Crippen LogP contribution in [0.1, 0.15) is 43.4 Å². The smallest absolute Gasteiger partial charge is 0.243 e. The maximum absolute atomic E-state index is 13.9. The van der Waals surface area contributed by atoms with E-state index in [1.807, 2.05) is 63.2 Å². The van der Waals surface area contributed by atoms with Crippen LogP contribution in [0.3, 0.4) is 0 Å². The molecule has 0 heterocycles. The lowest BCUT2D eigenvalue weighted by molar-refractivity contribution is -0.141. The third-order valence-corrected chi connectivity index (χ3v) is 8.47. The predicted molar refractivity (Wildman–Crippen MR) is 167 cm³/mol. The van der Waals surface area contributed by atoms with Crippen molar-refractivity contribution < 1.29 is 18.0 Å². The average Bonchev–Trinajstić information content (AvgIpc) is 2.90. The summed E-state index contributed by atoms with van der Waals surface area (Å²) < 4.78 is 26.5. The van der Waals surface area contributed by atoms with Crippen LogP contribution in [0.2, 0.25) is 10.0 Å². The average molecular weight is 619 g/mol. The third kappa shape index (κ3) is 9.48. The van der Waals surface area contributed by atoms with Crippen molar-refractivity contribution in [2.75, 3.05) is 17.1 Å². The van der Waals surface area contributed by atoms with Gasteiger partial charge in [-0.05, 0) is 57.0 Å². The molecule has 0 unspecified atom stereocenters. The third-order valence-electron chi connectivity index (χ3n) is 6.57. The van der Waals surface area contributed by atoms with Gasteiger partial charge in [0.05, 0.1) is 11.9 Å². The van der Waals surface area contributed by atoms with Crippen LogP contribution in [0.4, 0.5) is 5.69 Å². The Morgan fingerprint density at radius 1 is 0.902 bits per heavy atom. The van der Waals surface area contributed by atoms with Crippen LogP contribution >= 0.6 is 23.2 Å². The number of rotatable bonds is 13. The van der Waals surface area contributed by atoms with E-state index in [9.17, 15) is 18.0 Å². The van der Waals surface area contributed by atoms with E-state index in [0.29, 0.717) is 21.3 Å². The van der Waals surface area contributed by atoms with Crippen molar-refractivity contribution in [3.63, 3.8) is 0 Å². The van der Waals surface area contributed by atoms with Crippen molar-refractivity contribution in [2.24, 2.45) is 0 Å². The quantitative estimate of drug-likeness (QED) is 0.254. The molecule has 220 valence electrons. The molecule has 0 bridgehead atoms. The molecule has 0 aliphatic heterocycles. The molecule has 0 saturated carbocycles. The molecular formula is C31H37Cl2N3O4S. The van der Waals surface area contributed by atoms with E-state index in [1.165, 1.54) is 9.21 Å². The Labute approximate surface area is 253 Å². The molecule has 0 saturated heterocycles. The number of aryl methyl sites for hydroxylation is 1. The topological polar surface area (TPSA) is 86.8 Å². The molecule has 0 aromatic heterocycles. The zero-order valence-electron chi connectivity index (χ0n) is 23.8. The summed E-state index contributed by atoms with van der Waals surface area (Å²) in [5.74, 6) is -0.601. The zero-order chi connectivity index (χ0) is 30.2. The summed E-state index contributed by atoms with van der Waals surface area (Å²) in [5, 5.41) is 3.73. The minimum absolute atomic E-state index is 0.0141. The first-order chi connectivity index (χ1) is 19.4. The van der Waals surface area contributed by atoms with Crippen LogP contribution < -0.4 is 9.62 Å². The van der Waals surface area contributed by atoms with Gasteiger partial charge in [0.2, 0.25) is 21.8 Å². The number of hydrogen-bond acceptors (Lipinski definition) is 4. The fourth-order valence-corrected chi connectivity index (χ4v) is 5.99. The molecule has 41 heavy (non-hydrogen) atoms. The van der Waals surface area contributed by atoms with Crippen LogP contribution in [-0.4, -0.2) is 50.0 Å². The van der Waals surface area contributed by atoms with Gasteiger partial charge in [0.1, 0.15) is 6.04 Å². The Morgan fingerprint density at radius 2 is 1.51 bits per heavy atom. The Hall–Kier alpha value is -3.07. The number of carbonyl (C=O) groups is 2. The molecule has 0 radical (unpaired) electrons. The van der Waals surface area contributed by atoms with Gasteiger partial charge in [-0.2, -0.15) is 0 Å². The molecule has 0 spiro atoms. The van der Waals surface area contributed by atoms with Gasteiger partial charge >= 0.3 is 0 Å². The maximum Gasteiger partial charge on any atom is 0.243 e. The fraction of sp³-hybridized carbons (Fsp3) is 0.355. The SMILES string of the molecule is Cc1ccc(N(CCCC(=O)N(Cc2c(Cl)cccc2Cl)[C@H](Cc2ccccc2)C(=O)NC(C)C)S(C)(=O)=O)cc1. The van der Waals surface area contributed by atoms with E-state index in [0.717, 1.165) is 17.4 Å². The van der Waals surface area contributed by atoms with E-state index >= 15 is 0 Å². The summed E-state index contributed by atoms with van der Waals surface area (Å²) in [6.45, 7) is 5.77. The fourth-order valence-electron chi connectivity index (χ4n) is 4.50. The van der Waals surface area contributed by atoms with E-state index in [2.05, 4.69) is 5.32 Å². The van der Waals surface area contributed by atoms with Gasteiger partial charge in [0, 0.05) is 47.6 Å². The first-order valence-electron chi connectivity index (χ1n) is 13.5. The van der Waals surface area contributed by atoms with Crippen LogP contribution in [0, 0.1) is 6.92 Å². The Bertz CT molecular complexity index is 1410. The Balaban J connectivity index is 1.92. The summed E-state index contributed by atoms with van der Waals surface area (Å²) >= 11 is 13.0. The molecule has 10 heteroatoms. The largest absolute Gasteiger partial charge is 0.352 e. The lowest BCUT2D eigenvalue weighted by atomic mass is 10.0. The molecule has 1 atom stereocenters. The zero-order valence-corrected chi connectivity index (χ0v) is 26.1. The number of nitrogens with zero attached hydrogens (tertiary/aromatic N) is 2. The highest BCUT2D eigenvalue weighted by molar-refractivity contribution is 7.92. The van der Waals surface area contributed by atoms with E-state index in [1.54, 1.807) is 30.3 Å². The van der Waals surface area contributed by atoms with Gasteiger partial charge in [-0.15, -0.1) is 0 Å². The van der Waals surface area contributed by atoms with Gasteiger partial charge in [-0.3, -0.25) is 13.9 Å². The summed E-state index contributed by atoms with van der Waals surface area (Å²) in [5.41, 5.74) is 2.97. The van der Waals surface area contributed by atoms with Crippen LogP contribution in [-0.2, 0) is 32.6 Å². The number of anilines is 1. The molecule has 3 aromatic carbocycles. The highest BCUT2D eigenvalue weighted by Crippen LogP contribution is 2.28. The van der Waals surface area contributed by atoms with Crippen molar-refractivity contribution in [2.45, 2.75) is 58.7 Å². The second kappa shape index (κ2) is 14.7. The number of hydrogen-bond donors (Lipinski definition) is 1. The van der Waals surface area contributed by atoms with Gasteiger partial charge in [-0.1, -0.05) is 77.3 Å². The molecule has 0 aliphatic rings. The minimum Gasteiger partial charge on any atom is -0.352 e. The van der Waals surface area contributed by atoms with Crippen molar-refractivity contribution in [1.82, 2.24) is 10.2 Å². The van der Waals surface area contributed by atoms with Gasteiger partial charge in [0.15, 0.2) is 0 Å². The molecule has 3 rings (SSSR count). The second-order valence-electron chi connectivity index (χ2n) is 10.4. The van der Waals surface area contributed by atoms with E-state index in [4.69, 9.17) is 23.2 Å². The first-order valence-corrected chi connectivity index (χ1v) is 16.1. The standard InChI is InChI=1S/C31H37Cl2N3O4S/c1-22(2)34-31(38)29(20-24-10-6-5-7-11-24)35(21-26-27(32)12-8-13-28(26)33)30(37)14-9-19-36(41(4,39)40)25-17-15-23(3)16-18-25/h5-8,10-13,15-18,22,29H,9,14,19-21H2,1-4H3,(H,34,38)/t29-/m1/s1. The Morgan fingerprint density at radius 3 is 2.07 bits per heavy atom. The molecule has 7 nitrogen and oxygen atoms in total. The number of sulfonamides is 1. The summed E-state index contributed by atoms with van der Waals surface area (Å²) in [7, 11) is -3.58. The van der Waals surface area contributed by atoms with Crippen molar-refractivity contribution >= 4 is 50.7 Å². The number of halogens is 2. The first kappa shape index (κ1) is 32.4. The lowest BCUT2D eigenvalue weighted by Crippen LogP contribution is -2.52. The molecule has 1 N–H and O–H groups in total. The second-order valence-corrected chi connectivity index (χ2v) is 13.1. The van der Waals surface area contributed by atoms with Gasteiger partial charge < -0.3 is 10.2 Å². The summed E-state index contributed by atoms with van der Waals surface area (Å²) in [4.78, 5) is 28.9. The summed E-state index contributed by atoms with van der Waals surface area (Å²) in [6.07, 6.45) is 1.69. The number of amides is 2. The highest BCUT2D eigenvalue weighted by Gasteiger charge is 2.31. The lowest BCUT2D eigenvalue weighted by Gasteiger charge is -2.33. The number of carbonyl (C=O) groups excluding carboxylic acids is 2. The van der Waals surface area contributed by atoms with Crippen molar-refractivity contribution in [3.8, 4) is 0 Å². The summed E-state index contributed by atoms with van der Waals surface area (Å²) in [6, 6.07) is 20.8. The molecular weight excluding hydrogens is 581 g/mol. The highest BCUT2D eigenvalue weighted by atomic mass is 35.5. The molecule has 0 aliphatic carbocycles. The van der Waals surface area contributed by atoms with Crippen LogP contribution in [0.5, 0.6) is 0 Å². The van der Waals surface area contributed by atoms with Crippen molar-refractivity contribution in [3.05, 3.63) is 99.5 Å². The number of nitrogens with one attached hydrogen (secondary N) is 1.